The van der Waals surface area contributed by atoms with Crippen LogP contribution in [0.1, 0.15) is 19.3 Å². The van der Waals surface area contributed by atoms with Crippen LogP contribution >= 0.6 is 0 Å². The van der Waals surface area contributed by atoms with Gasteiger partial charge in [-0.05, 0) is 6.42 Å². The molecule has 0 saturated carbocycles. The SMILES string of the molecule is O=CCCCC=O.O=S(=O)([O-])OS(=O)(=O)O.O=S(=O)([O-])OS(=O)(=O)O.[Na+].[Na+]. The van der Waals surface area contributed by atoms with Crippen molar-refractivity contribution >= 4 is 54.2 Å². The minimum atomic E-state index is -5.37. The van der Waals surface area contributed by atoms with Crippen molar-refractivity contribution in [3.63, 3.8) is 0 Å². The summed E-state index contributed by atoms with van der Waals surface area (Å²) in [7, 11) is -21.1. The third-order valence-corrected chi connectivity index (χ3v) is 3.69. The van der Waals surface area contributed by atoms with Gasteiger partial charge in [-0.15, -0.1) is 7.26 Å². The number of unbranched alkanes of at least 4 members (excludes halogenated alkanes) is 2. The van der Waals surface area contributed by atoms with E-state index in [1.165, 1.54) is 0 Å². The predicted molar refractivity (Wildman–Crippen MR) is 70.6 cm³/mol. The summed E-state index contributed by atoms with van der Waals surface area (Å²) in [6.45, 7) is 0. The number of carbonyl (C=O) groups excluding carboxylic acids is 2. The molecule has 0 radical (unpaired) electrons. The van der Waals surface area contributed by atoms with Crippen molar-refractivity contribution in [2.24, 2.45) is 0 Å². The number of aldehydes is 2. The zero-order valence-corrected chi connectivity index (χ0v) is 20.8. The molecule has 0 amide bonds. The molecule has 0 aliphatic carbocycles. The molecule has 27 heavy (non-hydrogen) atoms. The van der Waals surface area contributed by atoms with Crippen LogP contribution in [0.3, 0.4) is 0 Å². The molecule has 0 fully saturated rings. The second-order valence-corrected chi connectivity index (χ2v) is 7.50. The molecule has 0 aromatic carbocycles. The smallest absolute Gasteiger partial charge is 0.725 e. The Hall–Kier alpha value is 0.900. The quantitative estimate of drug-likeness (QED) is 0.103. The molecule has 2 N–H and O–H groups in total. The fourth-order valence-corrected chi connectivity index (χ4v) is 2.18. The third-order valence-electron chi connectivity index (χ3n) is 0.983. The molecule has 0 aliphatic rings. The number of hydrogen-bond donors (Lipinski definition) is 2. The van der Waals surface area contributed by atoms with Gasteiger partial charge in [0.15, 0.2) is 0 Å². The molecule has 0 aliphatic heterocycles. The normalized spacial score (nSPS) is 11.1. The van der Waals surface area contributed by atoms with E-state index in [9.17, 15) is 52.4 Å². The number of rotatable bonds is 8. The van der Waals surface area contributed by atoms with E-state index in [1.54, 1.807) is 0 Å². The summed E-state index contributed by atoms with van der Waals surface area (Å²) in [5.74, 6) is 0. The van der Waals surface area contributed by atoms with Gasteiger partial charge in [-0.3, -0.25) is 9.11 Å². The average Bonchev–Trinajstić information content (AvgIpc) is 2.20. The molecular formula is C5H10Na2O16S4. The summed E-state index contributed by atoms with van der Waals surface area (Å²) < 4.78 is 114. The van der Waals surface area contributed by atoms with Crippen LogP contribution in [-0.2, 0) is 58.4 Å². The van der Waals surface area contributed by atoms with Crippen LogP contribution in [0.2, 0.25) is 0 Å². The van der Waals surface area contributed by atoms with Crippen molar-refractivity contribution < 1.29 is 128 Å². The van der Waals surface area contributed by atoms with Gasteiger partial charge in [0, 0.05) is 12.8 Å². The first-order valence-electron chi connectivity index (χ1n) is 4.99. The molecule has 0 bridgehead atoms. The van der Waals surface area contributed by atoms with Crippen molar-refractivity contribution in [2.45, 2.75) is 19.3 Å². The molecular weight excluding hydrogens is 490 g/mol. The van der Waals surface area contributed by atoms with Gasteiger partial charge in [0.1, 0.15) is 12.6 Å². The minimum Gasteiger partial charge on any atom is -0.725 e. The first-order chi connectivity index (χ1) is 10.8. The maximum Gasteiger partial charge on any atom is 1.00 e. The Morgan fingerprint density at radius 1 is 0.667 bits per heavy atom. The Morgan fingerprint density at radius 3 is 0.963 bits per heavy atom. The largest absolute Gasteiger partial charge is 1.00 e. The number of hydrogen-bond acceptors (Lipinski definition) is 14. The molecule has 0 saturated heterocycles. The van der Waals surface area contributed by atoms with Gasteiger partial charge in [-0.2, -0.15) is 16.8 Å². The summed E-state index contributed by atoms with van der Waals surface area (Å²) in [5.41, 5.74) is 0. The monoisotopic (exact) mass is 500 g/mol. The molecule has 0 atom stereocenters. The van der Waals surface area contributed by atoms with Gasteiger partial charge >= 0.3 is 79.9 Å². The molecule has 0 rings (SSSR count). The van der Waals surface area contributed by atoms with Crippen LogP contribution in [0, 0.1) is 0 Å². The van der Waals surface area contributed by atoms with Gasteiger partial charge in [-0.1, -0.05) is 0 Å². The first-order valence-corrected chi connectivity index (χ1v) is 10.4. The van der Waals surface area contributed by atoms with Gasteiger partial charge in [0.25, 0.3) is 0 Å². The maximum absolute atomic E-state index is 9.56. The molecule has 16 nitrogen and oxygen atoms in total. The Labute approximate surface area is 199 Å². The van der Waals surface area contributed by atoms with E-state index in [1.807, 2.05) is 0 Å². The van der Waals surface area contributed by atoms with E-state index in [0.29, 0.717) is 19.3 Å². The molecule has 152 valence electrons. The van der Waals surface area contributed by atoms with Crippen LogP contribution < -0.4 is 59.1 Å². The fraction of sp³-hybridized carbons (Fsp3) is 0.600. The Bertz CT molecular complexity index is 678. The van der Waals surface area contributed by atoms with E-state index < -0.39 is 41.6 Å². The molecule has 0 aromatic heterocycles. The van der Waals surface area contributed by atoms with E-state index in [2.05, 4.69) is 7.26 Å². The second-order valence-electron chi connectivity index (χ2n) is 3.07. The maximum atomic E-state index is 9.56. The predicted octanol–water partition coefficient (Wildman–Crippen LogP) is -8.91. The minimum absolute atomic E-state index is 0. The molecule has 0 spiro atoms. The average molecular weight is 500 g/mol. The molecule has 0 aromatic rings. The Morgan fingerprint density at radius 2 is 0.889 bits per heavy atom. The van der Waals surface area contributed by atoms with Crippen molar-refractivity contribution in [3.05, 3.63) is 0 Å². The van der Waals surface area contributed by atoms with E-state index >= 15 is 0 Å². The second kappa shape index (κ2) is 17.7. The van der Waals surface area contributed by atoms with Gasteiger partial charge in [0.05, 0.1) is 0 Å². The summed E-state index contributed by atoms with van der Waals surface area (Å²) in [5, 5.41) is 0. The summed E-state index contributed by atoms with van der Waals surface area (Å²) in [6, 6.07) is 0. The van der Waals surface area contributed by atoms with Gasteiger partial charge in [0.2, 0.25) is 20.8 Å². The van der Waals surface area contributed by atoms with Crippen molar-refractivity contribution in [3.8, 4) is 0 Å². The van der Waals surface area contributed by atoms with Gasteiger partial charge in [-0.25, -0.2) is 16.8 Å². The Balaban J connectivity index is -0.0000000872. The fourth-order valence-electron chi connectivity index (χ4n) is 0.495. The van der Waals surface area contributed by atoms with E-state index in [0.717, 1.165) is 12.6 Å². The van der Waals surface area contributed by atoms with Crippen LogP contribution in [0.4, 0.5) is 0 Å². The molecule has 22 heteroatoms. The van der Waals surface area contributed by atoms with Gasteiger partial charge < -0.3 is 18.7 Å². The van der Waals surface area contributed by atoms with Crippen molar-refractivity contribution in [2.75, 3.05) is 0 Å². The topological polar surface area (TPSA) is 276 Å². The summed E-state index contributed by atoms with van der Waals surface area (Å²) in [6.07, 6.45) is 3.37. The standard InChI is InChI=1S/C5H8O2.2Na.2H2O7S2/c6-4-2-1-3-5-7;;;2*1-8(2,3)7-9(4,5)6/h4-5H,1-3H2;;;2*(H,1,2,3)(H,4,5,6)/q;2*+1;;/p-2. The van der Waals surface area contributed by atoms with Crippen LogP contribution in [0.5, 0.6) is 0 Å². The molecule has 0 heterocycles. The summed E-state index contributed by atoms with van der Waals surface area (Å²) >= 11 is 0. The van der Waals surface area contributed by atoms with E-state index in [4.69, 9.17) is 9.11 Å². The van der Waals surface area contributed by atoms with Crippen molar-refractivity contribution in [1.82, 2.24) is 0 Å². The zero-order valence-electron chi connectivity index (χ0n) is 13.5. The van der Waals surface area contributed by atoms with Crippen molar-refractivity contribution in [1.29, 1.82) is 0 Å². The Kier molecular flexibility index (Phi) is 25.3. The van der Waals surface area contributed by atoms with Crippen LogP contribution in [0.25, 0.3) is 0 Å². The third kappa shape index (κ3) is 58.4. The van der Waals surface area contributed by atoms with Crippen LogP contribution in [-0.4, -0.2) is 64.5 Å². The molecule has 0 unspecified atom stereocenters. The zero-order chi connectivity index (χ0) is 20.9. The number of carbonyl (C=O) groups is 2. The first kappa shape index (κ1) is 38.5. The summed E-state index contributed by atoms with van der Waals surface area (Å²) in [4.78, 5) is 19.1. The van der Waals surface area contributed by atoms with Crippen LogP contribution in [0.15, 0.2) is 0 Å². The van der Waals surface area contributed by atoms with E-state index in [-0.39, 0.29) is 59.1 Å².